The molecule has 7 heteroatoms. The zero-order valence-corrected chi connectivity index (χ0v) is 10.6. The van der Waals surface area contributed by atoms with Crippen LogP contribution in [0.5, 0.6) is 0 Å². The van der Waals surface area contributed by atoms with Gasteiger partial charge in [0.1, 0.15) is 4.88 Å². The molecule has 78 valence electrons. The standard InChI is InChI=1S/C8H6BrN3OS2/c9-5-3-11-8(15-5)12-7(13)6-4(10)1-2-14-6/h1-3H,10H2,(H,11,12,13). The van der Waals surface area contributed by atoms with Crippen molar-refractivity contribution in [2.75, 3.05) is 11.1 Å². The normalized spacial score (nSPS) is 10.2. The van der Waals surface area contributed by atoms with Gasteiger partial charge in [0.05, 0.1) is 15.7 Å². The first kappa shape index (κ1) is 10.6. The third-order valence-corrected chi connectivity index (χ3v) is 3.92. The average molecular weight is 304 g/mol. The topological polar surface area (TPSA) is 68.0 Å². The quantitative estimate of drug-likeness (QED) is 0.896. The number of rotatable bonds is 2. The van der Waals surface area contributed by atoms with Gasteiger partial charge in [0.25, 0.3) is 5.91 Å². The molecule has 3 N–H and O–H groups in total. The minimum atomic E-state index is -0.218. The van der Waals surface area contributed by atoms with Crippen molar-refractivity contribution in [2.45, 2.75) is 0 Å². The third kappa shape index (κ3) is 2.36. The molecule has 2 rings (SSSR count). The maximum Gasteiger partial charge on any atom is 0.269 e. The number of carbonyl (C=O) groups excluding carboxylic acids is 1. The van der Waals surface area contributed by atoms with Crippen LogP contribution in [0, 0.1) is 0 Å². The van der Waals surface area contributed by atoms with Crippen LogP contribution in [0.1, 0.15) is 9.67 Å². The molecule has 0 radical (unpaired) electrons. The zero-order valence-electron chi connectivity index (χ0n) is 7.36. The van der Waals surface area contributed by atoms with E-state index in [0.29, 0.717) is 15.7 Å². The number of anilines is 2. The number of thiophene rings is 1. The molecule has 0 aliphatic rings. The highest BCUT2D eigenvalue weighted by Crippen LogP contribution is 2.25. The Morgan fingerprint density at radius 2 is 2.40 bits per heavy atom. The van der Waals surface area contributed by atoms with Crippen LogP contribution in [0.2, 0.25) is 0 Å². The number of nitrogen functional groups attached to an aromatic ring is 1. The molecular formula is C8H6BrN3OS2. The number of amides is 1. The minimum absolute atomic E-state index is 0.218. The largest absolute Gasteiger partial charge is 0.397 e. The van der Waals surface area contributed by atoms with E-state index >= 15 is 0 Å². The molecule has 0 aromatic carbocycles. The number of halogens is 1. The Morgan fingerprint density at radius 1 is 1.60 bits per heavy atom. The second-order valence-electron chi connectivity index (χ2n) is 2.63. The summed E-state index contributed by atoms with van der Waals surface area (Å²) in [6, 6.07) is 1.71. The van der Waals surface area contributed by atoms with E-state index in [2.05, 4.69) is 26.2 Å². The van der Waals surface area contributed by atoms with Crippen molar-refractivity contribution in [3.05, 3.63) is 26.3 Å². The molecule has 2 aromatic rings. The predicted molar refractivity (Wildman–Crippen MR) is 66.5 cm³/mol. The van der Waals surface area contributed by atoms with E-state index in [9.17, 15) is 4.79 Å². The van der Waals surface area contributed by atoms with Gasteiger partial charge >= 0.3 is 0 Å². The molecule has 4 nitrogen and oxygen atoms in total. The number of aromatic nitrogens is 1. The molecule has 2 heterocycles. The van der Waals surface area contributed by atoms with Gasteiger partial charge in [-0.1, -0.05) is 11.3 Å². The van der Waals surface area contributed by atoms with E-state index in [1.54, 1.807) is 17.6 Å². The van der Waals surface area contributed by atoms with Crippen LogP contribution in [0.4, 0.5) is 10.8 Å². The fourth-order valence-corrected chi connectivity index (χ4v) is 2.78. The molecule has 0 saturated carbocycles. The van der Waals surface area contributed by atoms with Crippen LogP contribution in [0.25, 0.3) is 0 Å². The average Bonchev–Trinajstić information content (AvgIpc) is 2.75. The Bertz CT molecular complexity index is 494. The summed E-state index contributed by atoms with van der Waals surface area (Å²) in [7, 11) is 0. The Kier molecular flexibility index (Phi) is 3.03. The monoisotopic (exact) mass is 303 g/mol. The van der Waals surface area contributed by atoms with Gasteiger partial charge in [-0.25, -0.2) is 4.98 Å². The van der Waals surface area contributed by atoms with Gasteiger partial charge in [-0.15, -0.1) is 11.3 Å². The van der Waals surface area contributed by atoms with Gasteiger partial charge in [0, 0.05) is 0 Å². The first-order valence-corrected chi connectivity index (χ1v) is 6.41. The minimum Gasteiger partial charge on any atom is -0.397 e. The summed E-state index contributed by atoms with van der Waals surface area (Å²) >= 11 is 5.94. The molecule has 0 aliphatic carbocycles. The lowest BCUT2D eigenvalue weighted by atomic mass is 10.4. The Balaban J connectivity index is 2.14. The molecule has 15 heavy (non-hydrogen) atoms. The Hall–Kier alpha value is -0.920. The number of thiazole rings is 1. The molecule has 0 aliphatic heterocycles. The molecule has 1 amide bonds. The van der Waals surface area contributed by atoms with Crippen molar-refractivity contribution >= 4 is 55.3 Å². The predicted octanol–water partition coefficient (Wildman–Crippen LogP) is 2.80. The summed E-state index contributed by atoms with van der Waals surface area (Å²) in [5.41, 5.74) is 6.12. The van der Waals surface area contributed by atoms with E-state index < -0.39 is 0 Å². The van der Waals surface area contributed by atoms with Gasteiger partial charge in [0.15, 0.2) is 5.13 Å². The van der Waals surface area contributed by atoms with Gasteiger partial charge in [-0.2, -0.15) is 0 Å². The molecular weight excluding hydrogens is 298 g/mol. The fraction of sp³-hybridized carbons (Fsp3) is 0. The second kappa shape index (κ2) is 4.30. The SMILES string of the molecule is Nc1ccsc1C(=O)Nc1ncc(Br)s1. The smallest absolute Gasteiger partial charge is 0.269 e. The van der Waals surface area contributed by atoms with Crippen molar-refractivity contribution in [3.8, 4) is 0 Å². The summed E-state index contributed by atoms with van der Waals surface area (Å²) in [5.74, 6) is -0.218. The highest BCUT2D eigenvalue weighted by molar-refractivity contribution is 9.11. The molecule has 0 saturated heterocycles. The summed E-state index contributed by atoms with van der Waals surface area (Å²) < 4.78 is 0.872. The molecule has 2 aromatic heterocycles. The van der Waals surface area contributed by atoms with Gasteiger partial charge in [0.2, 0.25) is 0 Å². The first-order valence-electron chi connectivity index (χ1n) is 3.92. The summed E-state index contributed by atoms with van der Waals surface area (Å²) in [5, 5.41) is 5.01. The number of hydrogen-bond donors (Lipinski definition) is 2. The lowest BCUT2D eigenvalue weighted by Gasteiger charge is -1.99. The number of carbonyl (C=O) groups is 1. The number of nitrogens with one attached hydrogen (secondary N) is 1. The second-order valence-corrected chi connectivity index (χ2v) is 5.95. The third-order valence-electron chi connectivity index (χ3n) is 1.60. The lowest BCUT2D eigenvalue weighted by molar-refractivity contribution is 0.103. The molecule has 0 unspecified atom stereocenters. The first-order chi connectivity index (χ1) is 7.16. The van der Waals surface area contributed by atoms with Gasteiger partial charge in [-0.3, -0.25) is 10.1 Å². The highest BCUT2D eigenvalue weighted by atomic mass is 79.9. The maximum atomic E-state index is 11.7. The maximum absolute atomic E-state index is 11.7. The van der Waals surface area contributed by atoms with Gasteiger partial charge < -0.3 is 5.73 Å². The van der Waals surface area contributed by atoms with E-state index in [0.717, 1.165) is 3.79 Å². The van der Waals surface area contributed by atoms with Crippen molar-refractivity contribution in [1.29, 1.82) is 0 Å². The van der Waals surface area contributed by atoms with Crippen LogP contribution in [0.15, 0.2) is 21.4 Å². The van der Waals surface area contributed by atoms with Crippen molar-refractivity contribution in [1.82, 2.24) is 4.98 Å². The molecule has 0 bridgehead atoms. The van der Waals surface area contributed by atoms with Crippen LogP contribution in [0.3, 0.4) is 0 Å². The number of nitrogens with zero attached hydrogens (tertiary/aromatic N) is 1. The number of hydrogen-bond acceptors (Lipinski definition) is 5. The van der Waals surface area contributed by atoms with Crippen LogP contribution >= 0.6 is 38.6 Å². The summed E-state index contributed by atoms with van der Waals surface area (Å²) in [4.78, 5) is 16.2. The van der Waals surface area contributed by atoms with E-state index in [1.165, 1.54) is 22.7 Å². The van der Waals surface area contributed by atoms with Crippen molar-refractivity contribution in [3.63, 3.8) is 0 Å². The van der Waals surface area contributed by atoms with Crippen LogP contribution in [-0.4, -0.2) is 10.9 Å². The Morgan fingerprint density at radius 3 is 2.93 bits per heavy atom. The molecule has 0 atom stereocenters. The summed E-state index contributed by atoms with van der Waals surface area (Å²) in [6.07, 6.45) is 1.64. The van der Waals surface area contributed by atoms with E-state index in [4.69, 9.17) is 5.73 Å². The van der Waals surface area contributed by atoms with E-state index in [1.807, 2.05) is 0 Å². The van der Waals surface area contributed by atoms with Crippen LogP contribution in [-0.2, 0) is 0 Å². The Labute approximate surface area is 102 Å². The molecule has 0 fully saturated rings. The molecule has 0 spiro atoms. The number of nitrogens with two attached hydrogens (primary N) is 1. The van der Waals surface area contributed by atoms with Crippen molar-refractivity contribution < 1.29 is 4.79 Å². The fourth-order valence-electron chi connectivity index (χ4n) is 0.970. The van der Waals surface area contributed by atoms with Crippen molar-refractivity contribution in [2.24, 2.45) is 0 Å². The zero-order chi connectivity index (χ0) is 10.8. The van der Waals surface area contributed by atoms with E-state index in [-0.39, 0.29) is 5.91 Å². The van der Waals surface area contributed by atoms with Gasteiger partial charge in [-0.05, 0) is 27.4 Å². The lowest BCUT2D eigenvalue weighted by Crippen LogP contribution is -2.11. The summed E-state index contributed by atoms with van der Waals surface area (Å²) in [6.45, 7) is 0. The highest BCUT2D eigenvalue weighted by Gasteiger charge is 2.12. The van der Waals surface area contributed by atoms with Crippen LogP contribution < -0.4 is 11.1 Å².